The van der Waals surface area contributed by atoms with E-state index in [1.165, 1.54) is 4.90 Å². The van der Waals surface area contributed by atoms with Crippen molar-refractivity contribution in [3.05, 3.63) is 56.2 Å². The normalized spacial score (nSPS) is 14.5. The summed E-state index contributed by atoms with van der Waals surface area (Å²) < 4.78 is 6.35. The van der Waals surface area contributed by atoms with E-state index in [9.17, 15) is 4.79 Å². The number of aromatic nitrogens is 4. The van der Waals surface area contributed by atoms with Gasteiger partial charge in [-0.2, -0.15) is 4.98 Å². The Labute approximate surface area is 186 Å². The van der Waals surface area contributed by atoms with E-state index in [1.54, 1.807) is 25.6 Å². The van der Waals surface area contributed by atoms with Gasteiger partial charge in [0.25, 0.3) is 5.91 Å². The van der Waals surface area contributed by atoms with Crippen molar-refractivity contribution in [3.63, 3.8) is 0 Å². The third-order valence-corrected chi connectivity index (χ3v) is 5.62. The second-order valence-corrected chi connectivity index (χ2v) is 8.11. The average molecular weight is 490 g/mol. The lowest BCUT2D eigenvalue weighted by molar-refractivity contribution is -0.113. The molecule has 0 radical (unpaired) electrons. The molecule has 1 amide bonds. The summed E-state index contributed by atoms with van der Waals surface area (Å²) in [5.74, 6) is 0.819. The second-order valence-electron chi connectivity index (χ2n) is 6.84. The van der Waals surface area contributed by atoms with E-state index in [0.29, 0.717) is 22.6 Å². The molecule has 0 bridgehead atoms. The first kappa shape index (κ1) is 20.4. The molecular formula is C20H18BrClN6O2. The molecular weight excluding hydrogens is 472 g/mol. The van der Waals surface area contributed by atoms with Gasteiger partial charge in [-0.1, -0.05) is 11.6 Å². The summed E-state index contributed by atoms with van der Waals surface area (Å²) in [6.45, 7) is 4.01. The highest BCUT2D eigenvalue weighted by Crippen LogP contribution is 2.41. The van der Waals surface area contributed by atoms with Crippen LogP contribution in [0.15, 0.2) is 22.9 Å². The predicted molar refractivity (Wildman–Crippen MR) is 119 cm³/mol. The largest absolute Gasteiger partial charge is 0.496 e. The standard InChI is InChI=1S/C20H18BrClN6O2/c1-9-6-25-14(10(2)16(9)30-3)8-28-18-15(17(22)26-20(23)27-18)13(19(28)29)5-12-4-11(21)7-24-12/h4-7,24H,8H2,1-3H3,(H2,23,26,27)/b13-5+. The molecule has 1 aliphatic rings. The van der Waals surface area contributed by atoms with E-state index in [1.807, 2.05) is 19.9 Å². The number of nitrogens with zero attached hydrogens (tertiary/aromatic N) is 4. The highest BCUT2D eigenvalue weighted by molar-refractivity contribution is 9.10. The summed E-state index contributed by atoms with van der Waals surface area (Å²) in [7, 11) is 1.61. The third kappa shape index (κ3) is 3.44. The smallest absolute Gasteiger partial charge is 0.260 e. The first-order valence-electron chi connectivity index (χ1n) is 9.00. The topological polar surface area (TPSA) is 110 Å². The first-order valence-corrected chi connectivity index (χ1v) is 10.2. The monoisotopic (exact) mass is 488 g/mol. The van der Waals surface area contributed by atoms with Crippen LogP contribution in [-0.2, 0) is 11.3 Å². The first-order chi connectivity index (χ1) is 14.3. The summed E-state index contributed by atoms with van der Waals surface area (Å²) in [6, 6.07) is 1.85. The number of anilines is 2. The molecule has 0 spiro atoms. The van der Waals surface area contributed by atoms with Crippen LogP contribution in [0.3, 0.4) is 0 Å². The van der Waals surface area contributed by atoms with Crippen LogP contribution in [0.5, 0.6) is 5.75 Å². The van der Waals surface area contributed by atoms with Crippen molar-refractivity contribution < 1.29 is 9.53 Å². The fraction of sp³-hybridized carbons (Fsp3) is 0.200. The van der Waals surface area contributed by atoms with Crippen LogP contribution < -0.4 is 15.4 Å². The van der Waals surface area contributed by atoms with Gasteiger partial charge in [-0.05, 0) is 41.9 Å². The van der Waals surface area contributed by atoms with E-state index in [-0.39, 0.29) is 23.6 Å². The Kier molecular flexibility index (Phi) is 5.25. The van der Waals surface area contributed by atoms with Crippen molar-refractivity contribution in [2.24, 2.45) is 0 Å². The number of nitrogens with two attached hydrogens (primary N) is 1. The number of H-pyrrole nitrogens is 1. The maximum absolute atomic E-state index is 13.4. The lowest BCUT2D eigenvalue weighted by Crippen LogP contribution is -2.27. The van der Waals surface area contributed by atoms with E-state index < -0.39 is 0 Å². The van der Waals surface area contributed by atoms with E-state index in [0.717, 1.165) is 27.0 Å². The number of hydrogen-bond donors (Lipinski definition) is 2. The lowest BCUT2D eigenvalue weighted by Gasteiger charge is -2.19. The van der Waals surface area contributed by atoms with Crippen LogP contribution in [0.4, 0.5) is 11.8 Å². The predicted octanol–water partition coefficient (Wildman–Crippen LogP) is 3.91. The van der Waals surface area contributed by atoms with Crippen molar-refractivity contribution in [3.8, 4) is 5.75 Å². The number of rotatable bonds is 4. The number of nitrogen functional groups attached to an aromatic ring is 1. The summed E-state index contributed by atoms with van der Waals surface area (Å²) in [5.41, 5.74) is 9.83. The Bertz CT molecular complexity index is 1210. The molecule has 0 saturated carbocycles. The van der Waals surface area contributed by atoms with Crippen LogP contribution in [-0.4, -0.2) is 33.0 Å². The zero-order chi connectivity index (χ0) is 21.6. The van der Waals surface area contributed by atoms with Gasteiger partial charge in [0.05, 0.1) is 30.5 Å². The molecule has 3 aromatic heterocycles. The van der Waals surface area contributed by atoms with Gasteiger partial charge in [0, 0.05) is 33.7 Å². The zero-order valence-corrected chi connectivity index (χ0v) is 18.8. The molecule has 0 aliphatic carbocycles. The van der Waals surface area contributed by atoms with Crippen LogP contribution in [0, 0.1) is 13.8 Å². The van der Waals surface area contributed by atoms with Crippen molar-refractivity contribution >= 4 is 56.9 Å². The lowest BCUT2D eigenvalue weighted by atomic mass is 10.1. The van der Waals surface area contributed by atoms with E-state index in [2.05, 4.69) is 35.9 Å². The number of fused-ring (bicyclic) bond motifs is 1. The molecule has 0 atom stereocenters. The quantitative estimate of drug-likeness (QED) is 0.425. The number of carbonyl (C=O) groups is 1. The van der Waals surface area contributed by atoms with Crippen molar-refractivity contribution in [1.29, 1.82) is 0 Å². The van der Waals surface area contributed by atoms with Crippen molar-refractivity contribution in [2.75, 3.05) is 17.7 Å². The number of aromatic amines is 1. The Morgan fingerprint density at radius 3 is 2.80 bits per heavy atom. The minimum atomic E-state index is -0.265. The molecule has 3 aromatic rings. The Balaban J connectivity index is 1.83. The van der Waals surface area contributed by atoms with E-state index in [4.69, 9.17) is 22.1 Å². The number of methoxy groups -OCH3 is 1. The summed E-state index contributed by atoms with van der Waals surface area (Å²) in [4.78, 5) is 30.8. The second kappa shape index (κ2) is 7.73. The molecule has 4 heterocycles. The number of pyridine rings is 1. The molecule has 4 rings (SSSR count). The third-order valence-electron chi connectivity index (χ3n) is 4.89. The fourth-order valence-electron chi connectivity index (χ4n) is 3.50. The van der Waals surface area contributed by atoms with Crippen molar-refractivity contribution in [2.45, 2.75) is 20.4 Å². The van der Waals surface area contributed by atoms with E-state index >= 15 is 0 Å². The number of hydrogen-bond acceptors (Lipinski definition) is 6. The van der Waals surface area contributed by atoms with Crippen LogP contribution >= 0.6 is 27.5 Å². The number of aryl methyl sites for hydroxylation is 1. The van der Waals surface area contributed by atoms with Crippen LogP contribution in [0.1, 0.15) is 28.1 Å². The number of carbonyl (C=O) groups excluding carboxylic acids is 1. The molecule has 0 fully saturated rings. The van der Waals surface area contributed by atoms with Crippen LogP contribution in [0.25, 0.3) is 11.6 Å². The maximum Gasteiger partial charge on any atom is 0.260 e. The molecule has 30 heavy (non-hydrogen) atoms. The number of nitrogens with one attached hydrogen (secondary N) is 1. The Morgan fingerprint density at radius 2 is 2.13 bits per heavy atom. The summed E-state index contributed by atoms with van der Waals surface area (Å²) in [6.07, 6.45) is 5.21. The fourth-order valence-corrected chi connectivity index (χ4v) is 4.13. The molecule has 10 heteroatoms. The molecule has 0 saturated heterocycles. The molecule has 154 valence electrons. The molecule has 1 aliphatic heterocycles. The van der Waals surface area contributed by atoms with Crippen molar-refractivity contribution in [1.82, 2.24) is 19.9 Å². The van der Waals surface area contributed by atoms with Crippen LogP contribution in [0.2, 0.25) is 5.15 Å². The Hall–Kier alpha value is -2.91. The number of ether oxygens (including phenoxy) is 1. The summed E-state index contributed by atoms with van der Waals surface area (Å²) in [5, 5.41) is 0.122. The SMILES string of the molecule is COc1c(C)cnc(CN2C(=O)/C(=C/c3cc(Br)c[nH]3)c3c(Cl)nc(N)nc32)c1C. The van der Waals surface area contributed by atoms with Gasteiger partial charge in [0.1, 0.15) is 10.9 Å². The Morgan fingerprint density at radius 1 is 1.37 bits per heavy atom. The van der Waals surface area contributed by atoms with Gasteiger partial charge in [-0.25, -0.2) is 4.98 Å². The van der Waals surface area contributed by atoms with Gasteiger partial charge in [0.15, 0.2) is 5.82 Å². The number of amides is 1. The number of halogens is 2. The van der Waals surface area contributed by atoms with Gasteiger partial charge in [-0.15, -0.1) is 0 Å². The molecule has 0 unspecified atom stereocenters. The highest BCUT2D eigenvalue weighted by atomic mass is 79.9. The van der Waals surface area contributed by atoms with Gasteiger partial charge in [0.2, 0.25) is 5.95 Å². The minimum Gasteiger partial charge on any atom is -0.496 e. The summed E-state index contributed by atoms with van der Waals surface area (Å²) >= 11 is 9.76. The average Bonchev–Trinajstić information content (AvgIpc) is 3.20. The molecule has 3 N–H and O–H groups in total. The maximum atomic E-state index is 13.4. The molecule has 0 aromatic carbocycles. The van der Waals surface area contributed by atoms with Gasteiger partial charge < -0.3 is 15.5 Å². The highest BCUT2D eigenvalue weighted by Gasteiger charge is 2.37. The molecule has 8 nitrogen and oxygen atoms in total. The van der Waals surface area contributed by atoms with Gasteiger partial charge in [-0.3, -0.25) is 14.7 Å². The zero-order valence-electron chi connectivity index (χ0n) is 16.5. The minimum absolute atomic E-state index is 0.00779. The van der Waals surface area contributed by atoms with Gasteiger partial charge >= 0.3 is 0 Å².